The fraction of sp³-hybridized carbons (Fsp3) is 0.467. The van der Waals surface area contributed by atoms with E-state index >= 15 is 0 Å². The van der Waals surface area contributed by atoms with E-state index < -0.39 is 10.0 Å². The van der Waals surface area contributed by atoms with Crippen LogP contribution in [0.25, 0.3) is 0 Å². The van der Waals surface area contributed by atoms with Crippen molar-refractivity contribution in [2.45, 2.75) is 25.0 Å². The van der Waals surface area contributed by atoms with E-state index in [9.17, 15) is 8.42 Å². The summed E-state index contributed by atoms with van der Waals surface area (Å²) in [6, 6.07) is 10.1. The molecule has 0 spiro atoms. The standard InChI is InChI=1S/C15H20N4O2S2/c1-2-16-23(20,21)13-8-9-19(11-13)15-18-17-14(22-15)10-12-6-4-3-5-7-12/h3-7,13,16H,2,8-11H2,1H3. The molecule has 2 aromatic rings. The second kappa shape index (κ2) is 6.94. The number of benzene rings is 1. The van der Waals surface area contributed by atoms with Gasteiger partial charge >= 0.3 is 0 Å². The lowest BCUT2D eigenvalue weighted by Crippen LogP contribution is -2.36. The fourth-order valence-electron chi connectivity index (χ4n) is 2.69. The van der Waals surface area contributed by atoms with Crippen molar-refractivity contribution < 1.29 is 8.42 Å². The number of hydrogen-bond donors (Lipinski definition) is 1. The maximum atomic E-state index is 12.1. The number of rotatable bonds is 6. The lowest BCUT2D eigenvalue weighted by Gasteiger charge is -2.14. The van der Waals surface area contributed by atoms with Crippen LogP contribution in [0.5, 0.6) is 0 Å². The first-order valence-electron chi connectivity index (χ1n) is 7.68. The Hall–Kier alpha value is -1.51. The molecule has 8 heteroatoms. The average molecular weight is 352 g/mol. The van der Waals surface area contributed by atoms with E-state index in [2.05, 4.69) is 27.1 Å². The van der Waals surface area contributed by atoms with Crippen LogP contribution in [0.4, 0.5) is 5.13 Å². The summed E-state index contributed by atoms with van der Waals surface area (Å²) in [7, 11) is -3.23. The molecule has 0 bridgehead atoms. The minimum Gasteiger partial charge on any atom is -0.345 e. The first-order valence-corrected chi connectivity index (χ1v) is 10.0. The van der Waals surface area contributed by atoms with Crippen molar-refractivity contribution in [1.29, 1.82) is 0 Å². The summed E-state index contributed by atoms with van der Waals surface area (Å²) in [6.45, 7) is 3.41. The van der Waals surface area contributed by atoms with Crippen LogP contribution in [-0.2, 0) is 16.4 Å². The summed E-state index contributed by atoms with van der Waals surface area (Å²) in [5, 5.41) is 9.86. The molecule has 1 N–H and O–H groups in total. The molecule has 1 aromatic carbocycles. The van der Waals surface area contributed by atoms with Gasteiger partial charge in [0.2, 0.25) is 15.2 Å². The van der Waals surface area contributed by atoms with Crippen LogP contribution in [-0.4, -0.2) is 43.5 Å². The molecular weight excluding hydrogens is 332 g/mol. The van der Waals surface area contributed by atoms with Crippen LogP contribution in [0.15, 0.2) is 30.3 Å². The Balaban J connectivity index is 1.65. The molecule has 0 amide bonds. The highest BCUT2D eigenvalue weighted by Gasteiger charge is 2.33. The van der Waals surface area contributed by atoms with Crippen molar-refractivity contribution in [2.75, 3.05) is 24.5 Å². The Morgan fingerprint density at radius 1 is 1.30 bits per heavy atom. The van der Waals surface area contributed by atoms with E-state index in [4.69, 9.17) is 0 Å². The monoisotopic (exact) mass is 352 g/mol. The van der Waals surface area contributed by atoms with Crippen LogP contribution in [0.1, 0.15) is 23.9 Å². The van der Waals surface area contributed by atoms with Crippen molar-refractivity contribution in [3.05, 3.63) is 40.9 Å². The molecule has 0 saturated carbocycles. The first kappa shape index (κ1) is 16.4. The van der Waals surface area contributed by atoms with Gasteiger partial charge in [-0.25, -0.2) is 13.1 Å². The Labute approximate surface area is 140 Å². The lowest BCUT2D eigenvalue weighted by atomic mass is 10.2. The normalized spacial score (nSPS) is 18.5. The number of nitrogens with one attached hydrogen (secondary N) is 1. The third-order valence-corrected chi connectivity index (χ3v) is 6.79. The van der Waals surface area contributed by atoms with E-state index in [0.717, 1.165) is 16.6 Å². The van der Waals surface area contributed by atoms with Crippen molar-refractivity contribution in [3.63, 3.8) is 0 Å². The summed E-state index contributed by atoms with van der Waals surface area (Å²) in [4.78, 5) is 2.02. The number of hydrogen-bond acceptors (Lipinski definition) is 6. The van der Waals surface area contributed by atoms with E-state index in [1.165, 1.54) is 16.9 Å². The second-order valence-electron chi connectivity index (χ2n) is 5.54. The first-order chi connectivity index (χ1) is 11.1. The molecule has 0 aliphatic carbocycles. The molecule has 1 atom stereocenters. The largest absolute Gasteiger partial charge is 0.345 e. The number of nitrogens with zero attached hydrogens (tertiary/aromatic N) is 3. The zero-order valence-electron chi connectivity index (χ0n) is 13.0. The molecule has 1 fully saturated rings. The predicted molar refractivity (Wildman–Crippen MR) is 92.4 cm³/mol. The minimum atomic E-state index is -3.23. The van der Waals surface area contributed by atoms with Gasteiger partial charge in [0, 0.05) is 26.1 Å². The van der Waals surface area contributed by atoms with Crippen LogP contribution in [0, 0.1) is 0 Å². The second-order valence-corrected chi connectivity index (χ2v) is 8.63. The molecule has 124 valence electrons. The van der Waals surface area contributed by atoms with Gasteiger partial charge in [-0.2, -0.15) is 0 Å². The quantitative estimate of drug-likeness (QED) is 0.855. The van der Waals surface area contributed by atoms with Crippen molar-refractivity contribution >= 4 is 26.5 Å². The molecule has 1 aromatic heterocycles. The molecule has 1 aliphatic heterocycles. The Morgan fingerprint density at radius 3 is 2.83 bits per heavy atom. The summed E-state index contributed by atoms with van der Waals surface area (Å²) in [6.07, 6.45) is 1.38. The molecular formula is C15H20N4O2S2. The molecule has 3 rings (SSSR count). The summed E-state index contributed by atoms with van der Waals surface area (Å²) < 4.78 is 26.8. The van der Waals surface area contributed by atoms with Gasteiger partial charge in [-0.05, 0) is 12.0 Å². The highest BCUT2D eigenvalue weighted by atomic mass is 32.2. The fourth-order valence-corrected chi connectivity index (χ4v) is 5.03. The third kappa shape index (κ3) is 3.88. The van der Waals surface area contributed by atoms with Crippen molar-refractivity contribution in [1.82, 2.24) is 14.9 Å². The van der Waals surface area contributed by atoms with Crippen LogP contribution in [0.2, 0.25) is 0 Å². The van der Waals surface area contributed by atoms with Crippen molar-refractivity contribution in [2.24, 2.45) is 0 Å². The topological polar surface area (TPSA) is 75.2 Å². The molecule has 6 nitrogen and oxygen atoms in total. The molecule has 0 radical (unpaired) electrons. The van der Waals surface area contributed by atoms with Gasteiger partial charge in [0.25, 0.3) is 0 Å². The smallest absolute Gasteiger partial charge is 0.216 e. The molecule has 1 aliphatic rings. The summed E-state index contributed by atoms with van der Waals surface area (Å²) in [5.41, 5.74) is 1.20. The number of anilines is 1. The number of aromatic nitrogens is 2. The zero-order chi connectivity index (χ0) is 16.3. The minimum absolute atomic E-state index is 0.371. The molecule has 1 unspecified atom stereocenters. The Kier molecular flexibility index (Phi) is 4.93. The van der Waals surface area contributed by atoms with Gasteiger partial charge in [0.1, 0.15) is 5.01 Å². The highest BCUT2D eigenvalue weighted by molar-refractivity contribution is 7.90. The lowest BCUT2D eigenvalue weighted by molar-refractivity contribution is 0.571. The van der Waals surface area contributed by atoms with E-state index in [-0.39, 0.29) is 5.25 Å². The Morgan fingerprint density at radius 2 is 2.09 bits per heavy atom. The molecule has 2 heterocycles. The Bertz CT molecular complexity index is 746. The van der Waals surface area contributed by atoms with Gasteiger partial charge in [-0.3, -0.25) is 0 Å². The maximum absolute atomic E-state index is 12.1. The van der Waals surface area contributed by atoms with Crippen LogP contribution < -0.4 is 9.62 Å². The average Bonchev–Trinajstić information content (AvgIpc) is 3.17. The highest BCUT2D eigenvalue weighted by Crippen LogP contribution is 2.27. The summed E-state index contributed by atoms with van der Waals surface area (Å²) >= 11 is 1.54. The zero-order valence-corrected chi connectivity index (χ0v) is 14.6. The van der Waals surface area contributed by atoms with Gasteiger partial charge in [-0.1, -0.05) is 48.6 Å². The van der Waals surface area contributed by atoms with Crippen LogP contribution >= 0.6 is 11.3 Å². The van der Waals surface area contributed by atoms with Gasteiger partial charge < -0.3 is 4.90 Å². The summed E-state index contributed by atoms with van der Waals surface area (Å²) in [5.74, 6) is 0. The van der Waals surface area contributed by atoms with Gasteiger partial charge in [0.15, 0.2) is 0 Å². The van der Waals surface area contributed by atoms with E-state index in [1.54, 1.807) is 6.92 Å². The van der Waals surface area contributed by atoms with Gasteiger partial charge in [-0.15, -0.1) is 10.2 Å². The third-order valence-electron chi connectivity index (χ3n) is 3.85. The molecule has 1 saturated heterocycles. The predicted octanol–water partition coefficient (Wildman–Crippen LogP) is 1.65. The van der Waals surface area contributed by atoms with Crippen molar-refractivity contribution in [3.8, 4) is 0 Å². The molecule has 23 heavy (non-hydrogen) atoms. The van der Waals surface area contributed by atoms with E-state index in [1.807, 2.05) is 23.1 Å². The van der Waals surface area contributed by atoms with Gasteiger partial charge in [0.05, 0.1) is 5.25 Å². The SMILES string of the molecule is CCNS(=O)(=O)C1CCN(c2nnc(Cc3ccccc3)s2)C1. The number of sulfonamides is 1. The van der Waals surface area contributed by atoms with Crippen LogP contribution in [0.3, 0.4) is 0 Å². The maximum Gasteiger partial charge on any atom is 0.216 e. The van der Waals surface area contributed by atoms with E-state index in [0.29, 0.717) is 26.1 Å².